The van der Waals surface area contributed by atoms with Gasteiger partial charge in [-0.15, -0.1) is 6.42 Å². The Hall–Kier alpha value is -3.17. The highest BCUT2D eigenvalue weighted by Crippen LogP contribution is 2.36. The summed E-state index contributed by atoms with van der Waals surface area (Å²) in [7, 11) is -2.42. The topological polar surface area (TPSA) is 124 Å². The molecule has 8 nitrogen and oxygen atoms in total. The van der Waals surface area contributed by atoms with Crippen LogP contribution in [0.15, 0.2) is 35.5 Å². The lowest BCUT2D eigenvalue weighted by Gasteiger charge is -2.27. The zero-order valence-electron chi connectivity index (χ0n) is 18.1. The minimum atomic E-state index is -3.80. The molecular weight excluding hydrogens is 474 g/mol. The number of pyridine rings is 1. The fourth-order valence-electron chi connectivity index (χ4n) is 2.62. The summed E-state index contributed by atoms with van der Waals surface area (Å²) in [6, 6.07) is 4.79. The van der Waals surface area contributed by atoms with E-state index >= 15 is 0 Å². The minimum absolute atomic E-state index is 0.0159. The van der Waals surface area contributed by atoms with Crippen molar-refractivity contribution in [3.8, 4) is 18.1 Å². The van der Waals surface area contributed by atoms with Gasteiger partial charge in [0.1, 0.15) is 22.1 Å². The van der Waals surface area contributed by atoms with Crippen molar-refractivity contribution in [3.63, 3.8) is 0 Å². The molecule has 3 N–H and O–H groups in total. The van der Waals surface area contributed by atoms with Gasteiger partial charge in [-0.1, -0.05) is 17.7 Å². The third-order valence-corrected chi connectivity index (χ3v) is 8.33. The summed E-state index contributed by atoms with van der Waals surface area (Å²) in [4.78, 5) is 20.1. The van der Waals surface area contributed by atoms with Gasteiger partial charge in [0, 0.05) is 31.5 Å². The minimum Gasteiger partial charge on any atom is -0.479 e. The van der Waals surface area contributed by atoms with E-state index in [1.165, 1.54) is 32.3 Å². The Morgan fingerprint density at radius 3 is 2.64 bits per heavy atom. The molecule has 0 aliphatic heterocycles. The molecule has 1 amide bonds. The first-order valence-corrected chi connectivity index (χ1v) is 12.0. The Kier molecular flexibility index (Phi) is 8.40. The molecule has 0 bridgehead atoms. The maximum Gasteiger partial charge on any atom is 0.274 e. The molecule has 0 unspecified atom stereocenters. The van der Waals surface area contributed by atoms with Crippen LogP contribution in [0.3, 0.4) is 0 Å². The molecule has 2 rings (SSSR count). The number of halogens is 2. The van der Waals surface area contributed by atoms with Crippen molar-refractivity contribution >= 4 is 38.4 Å². The number of terminal acetylenes is 1. The van der Waals surface area contributed by atoms with Crippen LogP contribution in [0.25, 0.3) is 0 Å². The highest BCUT2D eigenvalue weighted by molar-refractivity contribution is 8.23. The van der Waals surface area contributed by atoms with E-state index in [9.17, 15) is 22.0 Å². The van der Waals surface area contributed by atoms with Crippen LogP contribution < -0.4 is 15.8 Å². The Morgan fingerprint density at radius 2 is 2.09 bits per heavy atom. The van der Waals surface area contributed by atoms with E-state index in [0.29, 0.717) is 17.5 Å². The van der Waals surface area contributed by atoms with Crippen LogP contribution in [-0.2, 0) is 16.3 Å². The van der Waals surface area contributed by atoms with Gasteiger partial charge in [-0.25, -0.2) is 22.2 Å². The number of amides is 1. The smallest absolute Gasteiger partial charge is 0.274 e. The van der Waals surface area contributed by atoms with Crippen LogP contribution in [0.4, 0.5) is 14.5 Å². The number of anilines is 1. The Balaban J connectivity index is 2.32. The van der Waals surface area contributed by atoms with Gasteiger partial charge in [-0.3, -0.25) is 9.79 Å². The van der Waals surface area contributed by atoms with Gasteiger partial charge in [0.2, 0.25) is 0 Å². The van der Waals surface area contributed by atoms with E-state index in [4.69, 9.17) is 16.9 Å². The second-order valence-corrected chi connectivity index (χ2v) is 11.2. The zero-order valence-corrected chi connectivity index (χ0v) is 19.7. The van der Waals surface area contributed by atoms with E-state index in [1.807, 2.05) is 0 Å². The molecule has 1 heterocycles. The van der Waals surface area contributed by atoms with E-state index in [1.54, 1.807) is 0 Å². The summed E-state index contributed by atoms with van der Waals surface area (Å²) < 4.78 is 57.2. The van der Waals surface area contributed by atoms with Crippen LogP contribution in [0.5, 0.6) is 5.75 Å². The summed E-state index contributed by atoms with van der Waals surface area (Å²) in [5, 5.41) is 2.39. The third kappa shape index (κ3) is 6.66. The quantitative estimate of drug-likeness (QED) is 0.327. The van der Waals surface area contributed by atoms with Crippen molar-refractivity contribution in [3.05, 3.63) is 53.4 Å². The average molecular weight is 497 g/mol. The van der Waals surface area contributed by atoms with E-state index in [-0.39, 0.29) is 28.7 Å². The number of carbonyl (C=O) groups excluding carboxylic acids is 1. The van der Waals surface area contributed by atoms with Crippen LogP contribution in [0.2, 0.25) is 0 Å². The van der Waals surface area contributed by atoms with Gasteiger partial charge in [0.25, 0.3) is 5.91 Å². The second-order valence-electron chi connectivity index (χ2n) is 7.00. The van der Waals surface area contributed by atoms with Crippen molar-refractivity contribution in [2.24, 2.45) is 10.7 Å². The predicted molar refractivity (Wildman–Crippen MR) is 125 cm³/mol. The van der Waals surface area contributed by atoms with Crippen molar-refractivity contribution in [2.75, 3.05) is 25.2 Å². The molecule has 1 aromatic carbocycles. The lowest BCUT2D eigenvalue weighted by molar-refractivity contribution is 0.102. The molecule has 0 radical (unpaired) electrons. The standard InChI is InChI=1S/C21H22F2N4O4S2/c1-5-8-31-15-6-7-17(26-12-15)19(28)27-14-9-13(18(23)16(22)10-14)11-21(2,33(4,29)30)32-20(24)25-3/h1,6-7,9-10,12H,8,11H2,2-4H3,(H2,24,25)(H,27,28)/t21-/m0/s1. The van der Waals surface area contributed by atoms with Gasteiger partial charge >= 0.3 is 0 Å². The molecule has 0 spiro atoms. The fourth-order valence-corrected chi connectivity index (χ4v) is 4.66. The molecule has 12 heteroatoms. The van der Waals surface area contributed by atoms with Crippen molar-refractivity contribution < 1.29 is 26.7 Å². The van der Waals surface area contributed by atoms with Crippen molar-refractivity contribution in [1.29, 1.82) is 0 Å². The molecule has 2 aromatic rings. The number of aliphatic imine (C=N–C) groups is 1. The Morgan fingerprint density at radius 1 is 1.39 bits per heavy atom. The predicted octanol–water partition coefficient (Wildman–Crippen LogP) is 2.61. The molecule has 1 aromatic heterocycles. The summed E-state index contributed by atoms with van der Waals surface area (Å²) in [6.45, 7) is 1.37. The lowest BCUT2D eigenvalue weighted by Crippen LogP contribution is -2.36. The summed E-state index contributed by atoms with van der Waals surface area (Å²) in [5.41, 5.74) is 5.31. The number of carbonyl (C=O) groups is 1. The molecule has 0 saturated carbocycles. The number of rotatable bonds is 8. The first-order chi connectivity index (χ1) is 15.4. The fraction of sp³-hybridized carbons (Fsp3) is 0.286. The second kappa shape index (κ2) is 10.6. The van der Waals surface area contributed by atoms with Crippen LogP contribution in [-0.4, -0.2) is 48.5 Å². The molecular formula is C21H22F2N4O4S2. The normalized spacial score (nSPS) is 13.6. The van der Waals surface area contributed by atoms with Gasteiger partial charge in [0.05, 0.1) is 6.20 Å². The summed E-state index contributed by atoms with van der Waals surface area (Å²) in [6.07, 6.45) is 6.93. The summed E-state index contributed by atoms with van der Waals surface area (Å²) in [5.74, 6) is -0.541. The van der Waals surface area contributed by atoms with Crippen LogP contribution in [0, 0.1) is 24.0 Å². The summed E-state index contributed by atoms with van der Waals surface area (Å²) >= 11 is 0.716. The van der Waals surface area contributed by atoms with E-state index in [0.717, 1.165) is 18.4 Å². The zero-order chi connectivity index (χ0) is 24.8. The number of ether oxygens (including phenoxy) is 1. The number of sulfone groups is 1. The molecule has 0 fully saturated rings. The van der Waals surface area contributed by atoms with Crippen molar-refractivity contribution in [2.45, 2.75) is 17.4 Å². The van der Waals surface area contributed by atoms with E-state index in [2.05, 4.69) is 21.2 Å². The molecule has 176 valence electrons. The number of hydrogen-bond acceptors (Lipinski definition) is 7. The van der Waals surface area contributed by atoms with Gasteiger partial charge in [0.15, 0.2) is 26.6 Å². The van der Waals surface area contributed by atoms with E-state index < -0.39 is 37.9 Å². The first kappa shape index (κ1) is 26.1. The number of thioether (sulfide) groups is 1. The lowest BCUT2D eigenvalue weighted by atomic mass is 10.1. The maximum absolute atomic E-state index is 14.5. The molecule has 0 saturated heterocycles. The highest BCUT2D eigenvalue weighted by atomic mass is 32.3. The SMILES string of the molecule is C#CCOc1ccc(C(=O)Nc2cc(F)c(F)c(C[C@@](C)(S/C(N)=N\C)S(C)(=O)=O)c2)nc1. The molecule has 1 atom stereocenters. The Labute approximate surface area is 194 Å². The molecule has 33 heavy (non-hydrogen) atoms. The highest BCUT2D eigenvalue weighted by Gasteiger charge is 2.39. The van der Waals surface area contributed by atoms with Crippen LogP contribution >= 0.6 is 11.8 Å². The van der Waals surface area contributed by atoms with Gasteiger partial charge in [-0.2, -0.15) is 0 Å². The number of amidine groups is 1. The monoisotopic (exact) mass is 496 g/mol. The molecule has 0 aliphatic rings. The molecule has 0 aliphatic carbocycles. The average Bonchev–Trinajstić information content (AvgIpc) is 2.75. The largest absolute Gasteiger partial charge is 0.479 e. The number of nitrogens with one attached hydrogen (secondary N) is 1. The number of nitrogens with two attached hydrogens (primary N) is 1. The number of hydrogen-bond donors (Lipinski definition) is 2. The van der Waals surface area contributed by atoms with Crippen LogP contribution in [0.1, 0.15) is 23.0 Å². The third-order valence-electron chi connectivity index (χ3n) is 4.49. The Bertz CT molecular complexity index is 1210. The first-order valence-electron chi connectivity index (χ1n) is 9.32. The van der Waals surface area contributed by atoms with Gasteiger partial charge < -0.3 is 15.8 Å². The number of benzene rings is 1. The number of nitrogens with zero attached hydrogens (tertiary/aromatic N) is 2. The number of aromatic nitrogens is 1. The maximum atomic E-state index is 14.5. The van der Waals surface area contributed by atoms with Gasteiger partial charge in [-0.05, 0) is 30.7 Å². The van der Waals surface area contributed by atoms with Crippen molar-refractivity contribution in [1.82, 2.24) is 4.98 Å².